The smallest absolute Gasteiger partial charge is 0.264 e. The molecule has 0 aliphatic heterocycles. The Kier molecular flexibility index (Phi) is 1.20. The van der Waals surface area contributed by atoms with E-state index in [0.29, 0.717) is 5.41 Å². The Balaban J connectivity index is 1.91. The van der Waals surface area contributed by atoms with Gasteiger partial charge in [0.15, 0.2) is 0 Å². The molecular formula is C13H11N3. The molecule has 2 fully saturated rings. The maximum Gasteiger partial charge on any atom is 0.264 e. The molecule has 1 N–H and O–H groups in total. The molecule has 16 heavy (non-hydrogen) atoms. The average molecular weight is 209 g/mol. The first-order valence-corrected chi connectivity index (χ1v) is 5.62. The van der Waals surface area contributed by atoms with Crippen LogP contribution in [0.5, 0.6) is 0 Å². The molecule has 4 rings (SSSR count). The molecule has 0 radical (unpaired) electrons. The van der Waals surface area contributed by atoms with Gasteiger partial charge in [-0.25, -0.2) is 6.57 Å². The lowest BCUT2D eigenvalue weighted by atomic mass is 10.0. The van der Waals surface area contributed by atoms with Gasteiger partial charge in [0, 0.05) is 17.4 Å². The summed E-state index contributed by atoms with van der Waals surface area (Å²) in [6, 6.07) is 6.27. The molecule has 0 bridgehead atoms. The van der Waals surface area contributed by atoms with E-state index in [1.54, 1.807) is 0 Å². The van der Waals surface area contributed by atoms with Crippen molar-refractivity contribution in [3.8, 4) is 0 Å². The molecule has 2 aliphatic carbocycles. The van der Waals surface area contributed by atoms with Gasteiger partial charge in [-0.1, -0.05) is 12.1 Å². The second kappa shape index (κ2) is 2.30. The summed E-state index contributed by atoms with van der Waals surface area (Å²) in [5.74, 6) is 0. The SMILES string of the molecule is [C-]#[N+][C@@]1(c2ccc3cn[nH]c3c2)CC12CC2. The number of aromatic amines is 1. The fourth-order valence-corrected chi connectivity index (χ4v) is 3.01. The second-order valence-electron chi connectivity index (χ2n) is 5.10. The number of hydrogen-bond acceptors (Lipinski definition) is 1. The molecule has 2 saturated carbocycles. The van der Waals surface area contributed by atoms with Crippen LogP contribution in [0.25, 0.3) is 15.7 Å². The highest BCUT2D eigenvalue weighted by molar-refractivity contribution is 5.79. The van der Waals surface area contributed by atoms with Gasteiger partial charge in [0.05, 0.1) is 17.1 Å². The van der Waals surface area contributed by atoms with E-state index in [4.69, 9.17) is 6.57 Å². The van der Waals surface area contributed by atoms with Crippen LogP contribution in [-0.4, -0.2) is 10.2 Å². The lowest BCUT2D eigenvalue weighted by Crippen LogP contribution is -2.04. The van der Waals surface area contributed by atoms with Gasteiger partial charge in [-0.05, 0) is 18.9 Å². The van der Waals surface area contributed by atoms with Crippen molar-refractivity contribution < 1.29 is 0 Å². The summed E-state index contributed by atoms with van der Waals surface area (Å²) in [4.78, 5) is 3.92. The van der Waals surface area contributed by atoms with Crippen LogP contribution in [0.4, 0.5) is 0 Å². The molecule has 1 heterocycles. The van der Waals surface area contributed by atoms with Crippen LogP contribution in [-0.2, 0) is 5.54 Å². The van der Waals surface area contributed by atoms with Crippen molar-refractivity contribution in [1.82, 2.24) is 10.2 Å². The monoisotopic (exact) mass is 209 g/mol. The zero-order chi connectivity index (χ0) is 10.8. The molecule has 2 aliphatic rings. The Labute approximate surface area is 93.3 Å². The number of fused-ring (bicyclic) bond motifs is 1. The van der Waals surface area contributed by atoms with Crippen LogP contribution in [0.2, 0.25) is 0 Å². The number of rotatable bonds is 1. The molecule has 1 aromatic heterocycles. The Morgan fingerprint density at radius 3 is 2.94 bits per heavy atom. The van der Waals surface area contributed by atoms with Crippen molar-refractivity contribution in [2.75, 3.05) is 0 Å². The first-order valence-electron chi connectivity index (χ1n) is 5.62. The van der Waals surface area contributed by atoms with Crippen LogP contribution >= 0.6 is 0 Å². The normalized spacial score (nSPS) is 29.2. The largest absolute Gasteiger partial charge is 0.305 e. The minimum absolute atomic E-state index is 0.202. The summed E-state index contributed by atoms with van der Waals surface area (Å²) >= 11 is 0. The number of hydrogen-bond donors (Lipinski definition) is 1. The van der Waals surface area contributed by atoms with E-state index in [-0.39, 0.29) is 5.54 Å². The number of benzene rings is 1. The summed E-state index contributed by atoms with van der Waals surface area (Å²) in [7, 11) is 0. The van der Waals surface area contributed by atoms with E-state index >= 15 is 0 Å². The number of nitrogens with one attached hydrogen (secondary N) is 1. The van der Waals surface area contributed by atoms with Crippen LogP contribution in [0.1, 0.15) is 24.8 Å². The molecule has 0 unspecified atom stereocenters. The van der Waals surface area contributed by atoms with Crippen molar-refractivity contribution in [2.24, 2.45) is 5.41 Å². The fourth-order valence-electron chi connectivity index (χ4n) is 3.01. The first-order chi connectivity index (χ1) is 7.80. The summed E-state index contributed by atoms with van der Waals surface area (Å²) in [5.41, 5.74) is 2.37. The van der Waals surface area contributed by atoms with Crippen LogP contribution < -0.4 is 0 Å². The topological polar surface area (TPSA) is 33.0 Å². The van der Waals surface area contributed by atoms with Gasteiger partial charge >= 0.3 is 0 Å². The average Bonchev–Trinajstić information content (AvgIpc) is 3.17. The summed E-state index contributed by atoms with van der Waals surface area (Å²) in [5, 5.41) is 8.12. The zero-order valence-corrected chi connectivity index (χ0v) is 8.83. The van der Waals surface area contributed by atoms with Crippen molar-refractivity contribution in [2.45, 2.75) is 24.8 Å². The lowest BCUT2D eigenvalue weighted by molar-refractivity contribution is 0.722. The van der Waals surface area contributed by atoms with Gasteiger partial charge < -0.3 is 4.85 Å². The molecule has 3 heteroatoms. The van der Waals surface area contributed by atoms with Crippen molar-refractivity contribution in [3.63, 3.8) is 0 Å². The molecule has 1 spiro atoms. The molecule has 1 atom stereocenters. The lowest BCUT2D eigenvalue weighted by Gasteiger charge is -2.04. The third-order valence-electron chi connectivity index (χ3n) is 4.31. The molecule has 78 valence electrons. The van der Waals surface area contributed by atoms with E-state index in [2.05, 4.69) is 33.2 Å². The van der Waals surface area contributed by atoms with Crippen molar-refractivity contribution in [1.29, 1.82) is 0 Å². The Bertz CT molecular complexity index is 630. The van der Waals surface area contributed by atoms with Crippen LogP contribution in [0.3, 0.4) is 0 Å². The van der Waals surface area contributed by atoms with Crippen LogP contribution in [0, 0.1) is 12.0 Å². The zero-order valence-electron chi connectivity index (χ0n) is 8.83. The minimum atomic E-state index is -0.202. The molecular weight excluding hydrogens is 198 g/mol. The van der Waals surface area contributed by atoms with E-state index in [9.17, 15) is 0 Å². The Morgan fingerprint density at radius 1 is 1.38 bits per heavy atom. The van der Waals surface area contributed by atoms with Gasteiger partial charge in [-0.3, -0.25) is 5.10 Å². The maximum absolute atomic E-state index is 7.47. The first kappa shape index (κ1) is 8.35. The van der Waals surface area contributed by atoms with Gasteiger partial charge in [0.1, 0.15) is 0 Å². The molecule has 0 amide bonds. The summed E-state index contributed by atoms with van der Waals surface area (Å²) < 4.78 is 0. The van der Waals surface area contributed by atoms with E-state index in [0.717, 1.165) is 17.3 Å². The highest BCUT2D eigenvalue weighted by Crippen LogP contribution is 2.79. The Hall–Kier alpha value is -1.82. The fraction of sp³-hybridized carbons (Fsp3) is 0.385. The highest BCUT2D eigenvalue weighted by atomic mass is 15.1. The van der Waals surface area contributed by atoms with Gasteiger partial charge in [-0.2, -0.15) is 5.10 Å². The standard InChI is InChI=1S/C13H11N3/c1-14-13(8-12(13)4-5-12)10-3-2-9-7-15-16-11(9)6-10/h2-3,6-7H,4-5,8H2,(H,15,16)/t13-/m1/s1. The summed E-state index contributed by atoms with van der Waals surface area (Å²) in [6.45, 7) is 7.47. The Morgan fingerprint density at radius 2 is 2.25 bits per heavy atom. The predicted molar refractivity (Wildman–Crippen MR) is 60.7 cm³/mol. The number of H-pyrrole nitrogens is 1. The minimum Gasteiger partial charge on any atom is -0.305 e. The van der Waals surface area contributed by atoms with Crippen LogP contribution in [0.15, 0.2) is 24.4 Å². The van der Waals surface area contributed by atoms with E-state index < -0.39 is 0 Å². The summed E-state index contributed by atoms with van der Waals surface area (Å²) in [6.07, 6.45) is 5.35. The number of aromatic nitrogens is 2. The third kappa shape index (κ3) is 0.780. The van der Waals surface area contributed by atoms with Gasteiger partial charge in [0.25, 0.3) is 5.54 Å². The molecule has 2 aromatic rings. The van der Waals surface area contributed by atoms with E-state index in [1.807, 2.05) is 6.20 Å². The van der Waals surface area contributed by atoms with Crippen molar-refractivity contribution in [3.05, 3.63) is 41.4 Å². The number of nitrogens with zero attached hydrogens (tertiary/aromatic N) is 2. The second-order valence-corrected chi connectivity index (χ2v) is 5.10. The van der Waals surface area contributed by atoms with Gasteiger partial charge in [-0.15, -0.1) is 0 Å². The van der Waals surface area contributed by atoms with Crippen molar-refractivity contribution >= 4 is 10.9 Å². The van der Waals surface area contributed by atoms with E-state index in [1.165, 1.54) is 18.4 Å². The molecule has 3 nitrogen and oxygen atoms in total. The van der Waals surface area contributed by atoms with Gasteiger partial charge in [0.2, 0.25) is 0 Å². The predicted octanol–water partition coefficient (Wildman–Crippen LogP) is 2.86. The third-order valence-corrected chi connectivity index (χ3v) is 4.31. The quantitative estimate of drug-likeness (QED) is 0.720. The maximum atomic E-state index is 7.47. The molecule has 0 saturated heterocycles. The molecule has 1 aromatic carbocycles. The highest BCUT2D eigenvalue weighted by Gasteiger charge is 2.82.